The van der Waals surface area contributed by atoms with Gasteiger partial charge in [0.05, 0.1) is 16.5 Å². The Bertz CT molecular complexity index is 1010. The molecule has 1 heterocycles. The van der Waals surface area contributed by atoms with Gasteiger partial charge in [-0.2, -0.15) is 0 Å². The quantitative estimate of drug-likeness (QED) is 0.723. The second kappa shape index (κ2) is 7.13. The molecule has 1 amide bonds. The van der Waals surface area contributed by atoms with E-state index in [1.165, 1.54) is 6.26 Å². The number of nitrogens with one attached hydrogen (secondary N) is 2. The molecule has 6 nitrogen and oxygen atoms in total. The van der Waals surface area contributed by atoms with Crippen LogP contribution in [-0.4, -0.2) is 30.5 Å². The summed E-state index contributed by atoms with van der Waals surface area (Å²) < 4.78 is 23.1. The fraction of sp³-hybridized carbons (Fsp3) is 0.158. The average Bonchev–Trinajstić information content (AvgIpc) is 3.15. The maximum atomic E-state index is 12.7. The Labute approximate surface area is 152 Å². The predicted molar refractivity (Wildman–Crippen MR) is 99.5 cm³/mol. The zero-order valence-electron chi connectivity index (χ0n) is 14.4. The summed E-state index contributed by atoms with van der Waals surface area (Å²) in [6.45, 7) is 1.85. The van der Waals surface area contributed by atoms with Crippen molar-refractivity contribution in [2.24, 2.45) is 0 Å². The number of aromatic amines is 1. The fourth-order valence-electron chi connectivity index (χ4n) is 2.66. The summed E-state index contributed by atoms with van der Waals surface area (Å²) in [5, 5.41) is 2.94. The van der Waals surface area contributed by atoms with Gasteiger partial charge in [0.15, 0.2) is 9.84 Å². The van der Waals surface area contributed by atoms with Gasteiger partial charge in [0.1, 0.15) is 5.82 Å². The van der Waals surface area contributed by atoms with E-state index in [2.05, 4.69) is 15.3 Å². The van der Waals surface area contributed by atoms with E-state index in [1.807, 2.05) is 19.1 Å². The highest BCUT2D eigenvalue weighted by Gasteiger charge is 2.17. The Kier molecular flexibility index (Phi) is 4.90. The number of hydrogen-bond donors (Lipinski definition) is 2. The van der Waals surface area contributed by atoms with Crippen molar-refractivity contribution in [1.82, 2.24) is 15.3 Å². The number of amides is 1. The van der Waals surface area contributed by atoms with Gasteiger partial charge < -0.3 is 10.3 Å². The van der Waals surface area contributed by atoms with Crippen LogP contribution in [-0.2, 0) is 9.84 Å². The highest BCUT2D eigenvalue weighted by molar-refractivity contribution is 7.90. The number of imidazole rings is 1. The van der Waals surface area contributed by atoms with E-state index in [-0.39, 0.29) is 16.8 Å². The molecule has 1 atom stereocenters. The molecule has 0 fully saturated rings. The number of H-pyrrole nitrogens is 1. The number of hydrogen-bond acceptors (Lipinski definition) is 4. The summed E-state index contributed by atoms with van der Waals surface area (Å²) in [6.07, 6.45) is 4.50. The molecule has 134 valence electrons. The maximum absolute atomic E-state index is 12.7. The molecule has 2 N–H and O–H groups in total. The van der Waals surface area contributed by atoms with Crippen LogP contribution in [0, 0.1) is 0 Å². The molecular formula is C19H19N3O3S. The molecule has 26 heavy (non-hydrogen) atoms. The number of carbonyl (C=O) groups excluding carboxylic acids is 1. The number of sulfone groups is 1. The van der Waals surface area contributed by atoms with E-state index < -0.39 is 9.84 Å². The van der Waals surface area contributed by atoms with Crippen molar-refractivity contribution >= 4 is 15.7 Å². The second-order valence-electron chi connectivity index (χ2n) is 6.02. The molecule has 0 aliphatic carbocycles. The summed E-state index contributed by atoms with van der Waals surface area (Å²) in [5.74, 6) is 0.401. The number of rotatable bonds is 5. The largest absolute Gasteiger partial charge is 0.345 e. The summed E-state index contributed by atoms with van der Waals surface area (Å²) >= 11 is 0. The minimum absolute atomic E-state index is 0.225. The molecular weight excluding hydrogens is 350 g/mol. The Hall–Kier alpha value is -2.93. The van der Waals surface area contributed by atoms with Crippen molar-refractivity contribution in [2.45, 2.75) is 17.9 Å². The smallest absolute Gasteiger partial charge is 0.252 e. The first kappa shape index (κ1) is 17.9. The van der Waals surface area contributed by atoms with E-state index in [0.29, 0.717) is 11.4 Å². The lowest BCUT2D eigenvalue weighted by Gasteiger charge is -2.16. The van der Waals surface area contributed by atoms with Crippen LogP contribution >= 0.6 is 0 Å². The van der Waals surface area contributed by atoms with Gasteiger partial charge in [0.2, 0.25) is 0 Å². The molecule has 0 saturated carbocycles. The van der Waals surface area contributed by atoms with Crippen LogP contribution in [0.25, 0.3) is 11.4 Å². The third-order valence-electron chi connectivity index (χ3n) is 4.08. The molecule has 3 rings (SSSR count). The molecule has 0 aliphatic rings. The molecule has 7 heteroatoms. The van der Waals surface area contributed by atoms with Crippen molar-refractivity contribution in [3.63, 3.8) is 0 Å². The molecule has 2 aromatic carbocycles. The van der Waals surface area contributed by atoms with E-state index in [1.54, 1.807) is 48.8 Å². The van der Waals surface area contributed by atoms with Gasteiger partial charge >= 0.3 is 0 Å². The standard InChI is InChI=1S/C19H19N3O3S/c1-13(14-7-9-15(10-8-14)26(2,24)25)22-19(23)17-6-4-3-5-16(17)18-20-11-12-21-18/h3-13H,1-2H3,(H,20,21)(H,22,23)/t13-/m1/s1. The van der Waals surface area contributed by atoms with Gasteiger partial charge in [-0.15, -0.1) is 0 Å². The molecule has 0 saturated heterocycles. The van der Waals surface area contributed by atoms with Gasteiger partial charge in [-0.25, -0.2) is 13.4 Å². The number of carbonyl (C=O) groups is 1. The SMILES string of the molecule is C[C@@H](NC(=O)c1ccccc1-c1ncc[nH]1)c1ccc(S(C)(=O)=O)cc1. The highest BCUT2D eigenvalue weighted by Crippen LogP contribution is 2.22. The van der Waals surface area contributed by atoms with E-state index in [9.17, 15) is 13.2 Å². The van der Waals surface area contributed by atoms with Gasteiger partial charge in [-0.3, -0.25) is 4.79 Å². The van der Waals surface area contributed by atoms with Crippen LogP contribution in [0.4, 0.5) is 0 Å². The zero-order valence-corrected chi connectivity index (χ0v) is 15.2. The molecule has 0 unspecified atom stereocenters. The molecule has 0 radical (unpaired) electrons. The number of nitrogens with zero attached hydrogens (tertiary/aromatic N) is 1. The lowest BCUT2D eigenvalue weighted by Crippen LogP contribution is -2.27. The number of benzene rings is 2. The fourth-order valence-corrected chi connectivity index (χ4v) is 3.29. The summed E-state index contributed by atoms with van der Waals surface area (Å²) in [6, 6.07) is 13.5. The topological polar surface area (TPSA) is 91.9 Å². The van der Waals surface area contributed by atoms with Gasteiger partial charge in [-0.1, -0.05) is 30.3 Å². The van der Waals surface area contributed by atoms with E-state index >= 15 is 0 Å². The molecule has 0 bridgehead atoms. The van der Waals surface area contributed by atoms with Crippen LogP contribution in [0.15, 0.2) is 65.8 Å². The van der Waals surface area contributed by atoms with Crippen molar-refractivity contribution in [3.8, 4) is 11.4 Å². The molecule has 0 aliphatic heterocycles. The molecule has 3 aromatic rings. The summed E-state index contributed by atoms with van der Waals surface area (Å²) in [7, 11) is -3.24. The monoisotopic (exact) mass is 369 g/mol. The average molecular weight is 369 g/mol. The molecule has 0 spiro atoms. The Balaban J connectivity index is 1.80. The lowest BCUT2D eigenvalue weighted by atomic mass is 10.0. The first-order chi connectivity index (χ1) is 12.4. The first-order valence-electron chi connectivity index (χ1n) is 8.06. The second-order valence-corrected chi connectivity index (χ2v) is 8.04. The molecule has 1 aromatic heterocycles. The predicted octanol–water partition coefficient (Wildman–Crippen LogP) is 2.97. The summed E-state index contributed by atoms with van der Waals surface area (Å²) in [5.41, 5.74) is 2.05. The van der Waals surface area contributed by atoms with E-state index in [4.69, 9.17) is 0 Å². The van der Waals surface area contributed by atoms with E-state index in [0.717, 1.165) is 11.1 Å². The first-order valence-corrected chi connectivity index (χ1v) is 9.95. The highest BCUT2D eigenvalue weighted by atomic mass is 32.2. The lowest BCUT2D eigenvalue weighted by molar-refractivity contribution is 0.0940. The normalized spacial score (nSPS) is 12.5. The van der Waals surface area contributed by atoms with Crippen LogP contribution in [0.1, 0.15) is 28.9 Å². The number of aromatic nitrogens is 2. The zero-order chi connectivity index (χ0) is 18.7. The van der Waals surface area contributed by atoms with Crippen LogP contribution in [0.2, 0.25) is 0 Å². The minimum Gasteiger partial charge on any atom is -0.345 e. The van der Waals surface area contributed by atoms with Crippen LogP contribution in [0.3, 0.4) is 0 Å². The van der Waals surface area contributed by atoms with Crippen LogP contribution in [0.5, 0.6) is 0 Å². The Morgan fingerprint density at radius 3 is 2.42 bits per heavy atom. The van der Waals surface area contributed by atoms with Gasteiger partial charge in [-0.05, 0) is 30.7 Å². The van der Waals surface area contributed by atoms with Crippen molar-refractivity contribution in [2.75, 3.05) is 6.26 Å². The maximum Gasteiger partial charge on any atom is 0.252 e. The Morgan fingerprint density at radius 1 is 1.12 bits per heavy atom. The third-order valence-corrected chi connectivity index (χ3v) is 5.21. The third kappa shape index (κ3) is 3.83. The van der Waals surface area contributed by atoms with Gasteiger partial charge in [0, 0.05) is 24.2 Å². The van der Waals surface area contributed by atoms with Gasteiger partial charge in [0.25, 0.3) is 5.91 Å². The van der Waals surface area contributed by atoms with Crippen molar-refractivity contribution in [1.29, 1.82) is 0 Å². The summed E-state index contributed by atoms with van der Waals surface area (Å²) in [4.78, 5) is 20.2. The van der Waals surface area contributed by atoms with Crippen LogP contribution < -0.4 is 5.32 Å². The van der Waals surface area contributed by atoms with Crippen molar-refractivity contribution in [3.05, 3.63) is 72.1 Å². The Morgan fingerprint density at radius 2 is 1.81 bits per heavy atom. The minimum atomic E-state index is -3.24. The van der Waals surface area contributed by atoms with Crippen molar-refractivity contribution < 1.29 is 13.2 Å².